The first-order valence-electron chi connectivity index (χ1n) is 9.30. The Balaban J connectivity index is 1.49. The van der Waals surface area contributed by atoms with Crippen LogP contribution in [0.3, 0.4) is 0 Å². The van der Waals surface area contributed by atoms with E-state index >= 15 is 0 Å². The Bertz CT molecular complexity index is 837. The van der Waals surface area contributed by atoms with Crippen molar-refractivity contribution in [3.8, 4) is 0 Å². The molecule has 0 saturated carbocycles. The molecule has 3 amide bonds. The van der Waals surface area contributed by atoms with Crippen molar-refractivity contribution in [1.29, 1.82) is 0 Å². The number of nitrogens with one attached hydrogen (secondary N) is 2. The largest absolute Gasteiger partial charge is 0.349 e. The molecule has 0 bridgehead atoms. The van der Waals surface area contributed by atoms with Gasteiger partial charge in [0.15, 0.2) is 0 Å². The molecule has 2 aromatic rings. The lowest BCUT2D eigenvalue weighted by Crippen LogP contribution is -2.49. The normalized spacial score (nSPS) is 15.8. The molecule has 1 atom stereocenters. The summed E-state index contributed by atoms with van der Waals surface area (Å²) in [6.07, 6.45) is 1.45. The molecule has 5 nitrogen and oxygen atoms in total. The second-order valence-corrected chi connectivity index (χ2v) is 7.78. The van der Waals surface area contributed by atoms with Crippen molar-refractivity contribution in [2.45, 2.75) is 31.8 Å². The topological polar surface area (TPSA) is 61.4 Å². The molecule has 1 aliphatic heterocycles. The molecule has 0 radical (unpaired) electrons. The Labute approximate surface area is 175 Å². The average Bonchev–Trinajstić information content (AvgIpc) is 2.69. The van der Waals surface area contributed by atoms with Crippen LogP contribution in [-0.2, 0) is 0 Å². The number of piperidine rings is 1. The fraction of sp³-hybridized carbons (Fsp3) is 0.333. The third kappa shape index (κ3) is 5.18. The highest BCUT2D eigenvalue weighted by Crippen LogP contribution is 2.26. The minimum atomic E-state index is -0.229. The fourth-order valence-electron chi connectivity index (χ4n) is 3.29. The third-order valence-electron chi connectivity index (χ3n) is 4.92. The van der Waals surface area contributed by atoms with E-state index in [9.17, 15) is 9.59 Å². The Morgan fingerprint density at radius 2 is 1.75 bits per heavy atom. The van der Waals surface area contributed by atoms with Gasteiger partial charge in [-0.15, -0.1) is 0 Å². The smallest absolute Gasteiger partial charge is 0.317 e. The minimum absolute atomic E-state index is 0.0693. The predicted octanol–water partition coefficient (Wildman–Crippen LogP) is 4.66. The molecule has 0 aromatic heterocycles. The van der Waals surface area contributed by atoms with Gasteiger partial charge in [-0.2, -0.15) is 0 Å². The summed E-state index contributed by atoms with van der Waals surface area (Å²) in [5.41, 5.74) is 1.47. The second kappa shape index (κ2) is 9.30. The number of urea groups is 1. The lowest BCUT2D eigenvalue weighted by Gasteiger charge is -2.33. The number of hydrogen-bond donors (Lipinski definition) is 2. The zero-order valence-corrected chi connectivity index (χ0v) is 17.1. The van der Waals surface area contributed by atoms with Crippen molar-refractivity contribution >= 4 is 35.1 Å². The monoisotopic (exact) mass is 419 g/mol. The van der Waals surface area contributed by atoms with Crippen molar-refractivity contribution in [1.82, 2.24) is 15.5 Å². The van der Waals surface area contributed by atoms with E-state index in [4.69, 9.17) is 23.2 Å². The molecule has 2 aromatic carbocycles. The van der Waals surface area contributed by atoms with Crippen molar-refractivity contribution < 1.29 is 9.59 Å². The zero-order valence-electron chi connectivity index (χ0n) is 15.6. The Morgan fingerprint density at radius 3 is 2.39 bits per heavy atom. The van der Waals surface area contributed by atoms with Crippen LogP contribution in [0.5, 0.6) is 0 Å². The van der Waals surface area contributed by atoms with Crippen LogP contribution in [0.15, 0.2) is 48.5 Å². The third-order valence-corrected chi connectivity index (χ3v) is 5.48. The van der Waals surface area contributed by atoms with Crippen LogP contribution in [-0.4, -0.2) is 36.0 Å². The summed E-state index contributed by atoms with van der Waals surface area (Å²) in [4.78, 5) is 26.6. The van der Waals surface area contributed by atoms with E-state index in [0.717, 1.165) is 18.4 Å². The standard InChI is InChI=1S/C21H23Cl2N3O2/c1-14(18-8-7-16(22)13-19(18)23)24-21(28)26-11-9-17(10-12-26)25-20(27)15-5-3-2-4-6-15/h2-8,13-14,17H,9-12H2,1H3,(H,24,28)(H,25,27)/t14-/m0/s1. The number of amides is 3. The maximum Gasteiger partial charge on any atom is 0.317 e. The van der Waals surface area contributed by atoms with Gasteiger partial charge in [-0.25, -0.2) is 4.79 Å². The number of carbonyl (C=O) groups is 2. The van der Waals surface area contributed by atoms with Gasteiger partial charge in [-0.3, -0.25) is 4.79 Å². The minimum Gasteiger partial charge on any atom is -0.349 e. The molecule has 3 rings (SSSR count). The van der Waals surface area contributed by atoms with E-state index in [1.165, 1.54) is 0 Å². The lowest BCUT2D eigenvalue weighted by atomic mass is 10.0. The van der Waals surface area contributed by atoms with Crippen LogP contribution in [0.1, 0.15) is 41.7 Å². The second-order valence-electron chi connectivity index (χ2n) is 6.94. The number of likely N-dealkylation sites (tertiary alicyclic amines) is 1. The SMILES string of the molecule is C[C@H](NC(=O)N1CCC(NC(=O)c2ccccc2)CC1)c1ccc(Cl)cc1Cl. The van der Waals surface area contributed by atoms with Gasteiger partial charge < -0.3 is 15.5 Å². The van der Waals surface area contributed by atoms with Crippen LogP contribution >= 0.6 is 23.2 Å². The zero-order chi connectivity index (χ0) is 20.1. The van der Waals surface area contributed by atoms with Crippen molar-refractivity contribution in [3.63, 3.8) is 0 Å². The summed E-state index contributed by atoms with van der Waals surface area (Å²) in [5.74, 6) is -0.0745. The first-order chi connectivity index (χ1) is 13.4. The molecule has 1 heterocycles. The van der Waals surface area contributed by atoms with Crippen molar-refractivity contribution in [3.05, 3.63) is 69.7 Å². The van der Waals surface area contributed by atoms with Gasteiger partial charge in [0.1, 0.15) is 0 Å². The highest BCUT2D eigenvalue weighted by Gasteiger charge is 2.25. The molecule has 0 spiro atoms. The number of hydrogen-bond acceptors (Lipinski definition) is 2. The first-order valence-corrected chi connectivity index (χ1v) is 10.1. The number of benzene rings is 2. The Morgan fingerprint density at radius 1 is 1.07 bits per heavy atom. The quantitative estimate of drug-likeness (QED) is 0.756. The highest BCUT2D eigenvalue weighted by atomic mass is 35.5. The van der Waals surface area contributed by atoms with Gasteiger partial charge in [0, 0.05) is 34.7 Å². The fourth-order valence-corrected chi connectivity index (χ4v) is 3.86. The summed E-state index contributed by atoms with van der Waals surface area (Å²) < 4.78 is 0. The van der Waals surface area contributed by atoms with Crippen LogP contribution in [0.4, 0.5) is 4.79 Å². The molecular formula is C21H23Cl2N3O2. The molecule has 148 valence electrons. The van der Waals surface area contributed by atoms with E-state index in [2.05, 4.69) is 10.6 Å². The molecule has 7 heteroatoms. The van der Waals surface area contributed by atoms with Gasteiger partial charge in [-0.1, -0.05) is 47.5 Å². The van der Waals surface area contributed by atoms with Crippen LogP contribution < -0.4 is 10.6 Å². The van der Waals surface area contributed by atoms with Gasteiger partial charge in [0.05, 0.1) is 6.04 Å². The van der Waals surface area contributed by atoms with Crippen molar-refractivity contribution in [2.24, 2.45) is 0 Å². The van der Waals surface area contributed by atoms with Gasteiger partial charge >= 0.3 is 6.03 Å². The maximum absolute atomic E-state index is 12.6. The van der Waals surface area contributed by atoms with Gasteiger partial charge in [-0.05, 0) is 49.6 Å². The van der Waals surface area contributed by atoms with Gasteiger partial charge in [0.2, 0.25) is 0 Å². The number of nitrogens with zero attached hydrogens (tertiary/aromatic N) is 1. The molecular weight excluding hydrogens is 397 g/mol. The summed E-state index contributed by atoms with van der Waals surface area (Å²) in [6.45, 7) is 3.07. The van der Waals surface area contributed by atoms with E-state index < -0.39 is 0 Å². The lowest BCUT2D eigenvalue weighted by molar-refractivity contribution is 0.0917. The maximum atomic E-state index is 12.6. The molecule has 2 N–H and O–H groups in total. The highest BCUT2D eigenvalue weighted by molar-refractivity contribution is 6.35. The van der Waals surface area contributed by atoms with Crippen LogP contribution in [0.2, 0.25) is 10.0 Å². The molecule has 1 saturated heterocycles. The molecule has 1 aliphatic rings. The predicted molar refractivity (Wildman–Crippen MR) is 112 cm³/mol. The molecule has 0 aliphatic carbocycles. The number of carbonyl (C=O) groups excluding carboxylic acids is 2. The summed E-state index contributed by atoms with van der Waals surface area (Å²) in [5, 5.41) is 7.12. The van der Waals surface area contributed by atoms with Gasteiger partial charge in [0.25, 0.3) is 5.91 Å². The van der Waals surface area contributed by atoms with E-state index in [1.54, 1.807) is 29.2 Å². The summed E-state index contributed by atoms with van der Waals surface area (Å²) in [6, 6.07) is 14.1. The summed E-state index contributed by atoms with van der Waals surface area (Å²) >= 11 is 12.2. The van der Waals surface area contributed by atoms with Crippen LogP contribution in [0, 0.1) is 0 Å². The summed E-state index contributed by atoms with van der Waals surface area (Å²) in [7, 11) is 0. The number of halogens is 2. The van der Waals surface area contributed by atoms with E-state index in [0.29, 0.717) is 28.7 Å². The van der Waals surface area contributed by atoms with E-state index in [-0.39, 0.29) is 24.0 Å². The molecule has 28 heavy (non-hydrogen) atoms. The molecule has 1 fully saturated rings. The van der Waals surface area contributed by atoms with E-state index in [1.807, 2.05) is 31.2 Å². The van der Waals surface area contributed by atoms with Crippen molar-refractivity contribution in [2.75, 3.05) is 13.1 Å². The average molecular weight is 420 g/mol. The Hall–Kier alpha value is -2.24. The molecule has 0 unspecified atom stereocenters. The first kappa shape index (κ1) is 20.5. The Kier molecular flexibility index (Phi) is 6.81. The number of rotatable bonds is 4. The van der Waals surface area contributed by atoms with Crippen LogP contribution in [0.25, 0.3) is 0 Å².